The summed E-state index contributed by atoms with van der Waals surface area (Å²) in [5.74, 6) is 1.94. The Kier molecular flexibility index (Phi) is 7.32. The Bertz CT molecular complexity index is 393. The molecule has 0 aliphatic heterocycles. The molecule has 120 valence electrons. The van der Waals surface area contributed by atoms with E-state index >= 15 is 0 Å². The molecule has 0 heterocycles. The van der Waals surface area contributed by atoms with Crippen LogP contribution in [0.2, 0.25) is 0 Å². The Balaban J connectivity index is 2.30. The van der Waals surface area contributed by atoms with Gasteiger partial charge in [-0.2, -0.15) is 0 Å². The first kappa shape index (κ1) is 17.6. The standard InChI is InChI=1S/C16H27NO4/c1-16(2,3)17-9-10-20-11-12-21-15-13(18-4)7-6-8-14(15)19-5/h6-8,17H,9-12H2,1-5H3/p+1. The average Bonchev–Trinajstić information content (AvgIpc) is 2.44. The van der Waals surface area contributed by atoms with Crippen molar-refractivity contribution in [2.24, 2.45) is 0 Å². The van der Waals surface area contributed by atoms with Crippen molar-refractivity contribution in [1.29, 1.82) is 0 Å². The normalized spacial score (nSPS) is 11.3. The maximum absolute atomic E-state index is 5.71. The average molecular weight is 298 g/mol. The fourth-order valence-electron chi connectivity index (χ4n) is 1.84. The first-order valence-corrected chi connectivity index (χ1v) is 7.24. The third-order valence-corrected chi connectivity index (χ3v) is 2.88. The fraction of sp³-hybridized carbons (Fsp3) is 0.625. The number of para-hydroxylation sites is 1. The zero-order valence-corrected chi connectivity index (χ0v) is 13.8. The summed E-state index contributed by atoms with van der Waals surface area (Å²) >= 11 is 0. The highest BCUT2D eigenvalue weighted by Crippen LogP contribution is 2.36. The van der Waals surface area contributed by atoms with Crippen molar-refractivity contribution in [3.8, 4) is 17.2 Å². The van der Waals surface area contributed by atoms with Gasteiger partial charge in [-0.3, -0.25) is 0 Å². The van der Waals surface area contributed by atoms with Crippen LogP contribution in [-0.4, -0.2) is 46.1 Å². The molecule has 0 radical (unpaired) electrons. The van der Waals surface area contributed by atoms with Crippen LogP contribution in [0.15, 0.2) is 18.2 Å². The largest absolute Gasteiger partial charge is 0.493 e. The predicted octanol–water partition coefficient (Wildman–Crippen LogP) is 1.46. The Morgan fingerprint density at radius 1 is 0.952 bits per heavy atom. The molecule has 0 fully saturated rings. The number of methoxy groups -OCH3 is 2. The van der Waals surface area contributed by atoms with Gasteiger partial charge in [0, 0.05) is 0 Å². The second kappa shape index (κ2) is 8.74. The maximum atomic E-state index is 5.71. The van der Waals surface area contributed by atoms with Crippen LogP contribution < -0.4 is 19.5 Å². The zero-order valence-electron chi connectivity index (χ0n) is 13.8. The lowest BCUT2D eigenvalue weighted by Gasteiger charge is -2.17. The van der Waals surface area contributed by atoms with Crippen LogP contribution >= 0.6 is 0 Å². The predicted molar refractivity (Wildman–Crippen MR) is 82.4 cm³/mol. The van der Waals surface area contributed by atoms with Gasteiger partial charge in [0.2, 0.25) is 5.75 Å². The molecule has 5 nitrogen and oxygen atoms in total. The third-order valence-electron chi connectivity index (χ3n) is 2.88. The van der Waals surface area contributed by atoms with Crippen molar-refractivity contribution >= 4 is 0 Å². The molecule has 0 aliphatic rings. The van der Waals surface area contributed by atoms with Gasteiger partial charge in [-0.05, 0) is 32.9 Å². The van der Waals surface area contributed by atoms with E-state index in [0.717, 1.165) is 6.54 Å². The number of hydrogen-bond acceptors (Lipinski definition) is 4. The van der Waals surface area contributed by atoms with Gasteiger partial charge in [0.25, 0.3) is 0 Å². The van der Waals surface area contributed by atoms with Gasteiger partial charge in [-0.1, -0.05) is 6.07 Å². The molecule has 0 bridgehead atoms. The lowest BCUT2D eigenvalue weighted by Crippen LogP contribution is -2.95. The Morgan fingerprint density at radius 2 is 1.57 bits per heavy atom. The first-order chi connectivity index (χ1) is 9.98. The SMILES string of the molecule is COc1cccc(OC)c1OCCOCC[NH2+]C(C)(C)C. The zero-order chi connectivity index (χ0) is 15.7. The van der Waals surface area contributed by atoms with E-state index in [0.29, 0.717) is 37.1 Å². The van der Waals surface area contributed by atoms with Crippen molar-refractivity contribution in [3.05, 3.63) is 18.2 Å². The second-order valence-electron chi connectivity index (χ2n) is 5.81. The van der Waals surface area contributed by atoms with E-state index in [4.69, 9.17) is 18.9 Å². The fourth-order valence-corrected chi connectivity index (χ4v) is 1.84. The number of hydrogen-bond donors (Lipinski definition) is 1. The van der Waals surface area contributed by atoms with Gasteiger partial charge in [-0.15, -0.1) is 0 Å². The minimum absolute atomic E-state index is 0.241. The number of ether oxygens (including phenoxy) is 4. The van der Waals surface area contributed by atoms with Gasteiger partial charge in [0.05, 0.1) is 39.5 Å². The van der Waals surface area contributed by atoms with Crippen molar-refractivity contribution in [1.82, 2.24) is 0 Å². The Morgan fingerprint density at radius 3 is 2.10 bits per heavy atom. The van der Waals surface area contributed by atoms with Crippen LogP contribution in [0.3, 0.4) is 0 Å². The van der Waals surface area contributed by atoms with Gasteiger partial charge < -0.3 is 24.3 Å². The smallest absolute Gasteiger partial charge is 0.203 e. The molecule has 0 saturated carbocycles. The maximum Gasteiger partial charge on any atom is 0.203 e. The van der Waals surface area contributed by atoms with E-state index in [-0.39, 0.29) is 5.54 Å². The van der Waals surface area contributed by atoms with E-state index in [1.807, 2.05) is 18.2 Å². The van der Waals surface area contributed by atoms with Crippen molar-refractivity contribution in [2.45, 2.75) is 26.3 Å². The van der Waals surface area contributed by atoms with Crippen LogP contribution in [0.4, 0.5) is 0 Å². The highest BCUT2D eigenvalue weighted by atomic mass is 16.6. The molecule has 5 heteroatoms. The second-order valence-corrected chi connectivity index (χ2v) is 5.81. The minimum Gasteiger partial charge on any atom is -0.493 e. The lowest BCUT2D eigenvalue weighted by molar-refractivity contribution is -0.718. The summed E-state index contributed by atoms with van der Waals surface area (Å²) in [4.78, 5) is 0. The summed E-state index contributed by atoms with van der Waals surface area (Å²) < 4.78 is 21.8. The van der Waals surface area contributed by atoms with Gasteiger partial charge in [-0.25, -0.2) is 0 Å². The molecule has 0 saturated heterocycles. The quantitative estimate of drug-likeness (QED) is 0.701. The molecule has 0 atom stereocenters. The molecule has 0 amide bonds. The van der Waals surface area contributed by atoms with E-state index in [9.17, 15) is 0 Å². The van der Waals surface area contributed by atoms with E-state index in [2.05, 4.69) is 26.1 Å². The Hall–Kier alpha value is -1.46. The highest BCUT2D eigenvalue weighted by Gasteiger charge is 2.12. The minimum atomic E-state index is 0.241. The Labute approximate surface area is 127 Å². The molecule has 0 spiro atoms. The highest BCUT2D eigenvalue weighted by molar-refractivity contribution is 5.51. The molecular formula is C16H28NO4+. The van der Waals surface area contributed by atoms with Crippen LogP contribution in [0, 0.1) is 0 Å². The number of nitrogens with two attached hydrogens (primary N) is 1. The molecule has 0 aliphatic carbocycles. The van der Waals surface area contributed by atoms with Crippen molar-refractivity contribution in [3.63, 3.8) is 0 Å². The molecule has 21 heavy (non-hydrogen) atoms. The summed E-state index contributed by atoms with van der Waals surface area (Å²) in [6.45, 7) is 9.22. The summed E-state index contributed by atoms with van der Waals surface area (Å²) in [6.07, 6.45) is 0. The molecule has 1 rings (SSSR count). The molecular weight excluding hydrogens is 270 g/mol. The molecule has 1 aromatic rings. The summed E-state index contributed by atoms with van der Waals surface area (Å²) in [6, 6.07) is 5.55. The van der Waals surface area contributed by atoms with E-state index < -0.39 is 0 Å². The van der Waals surface area contributed by atoms with Crippen LogP contribution in [-0.2, 0) is 4.74 Å². The van der Waals surface area contributed by atoms with Gasteiger partial charge in [0.1, 0.15) is 6.61 Å². The van der Waals surface area contributed by atoms with Crippen LogP contribution in [0.1, 0.15) is 20.8 Å². The number of rotatable bonds is 9. The van der Waals surface area contributed by atoms with Crippen LogP contribution in [0.5, 0.6) is 17.2 Å². The van der Waals surface area contributed by atoms with E-state index in [1.165, 1.54) is 0 Å². The van der Waals surface area contributed by atoms with Crippen LogP contribution in [0.25, 0.3) is 0 Å². The molecule has 1 aromatic carbocycles. The third kappa shape index (κ3) is 6.69. The molecule has 2 N–H and O–H groups in total. The summed E-state index contributed by atoms with van der Waals surface area (Å²) in [5, 5.41) is 2.26. The number of benzene rings is 1. The van der Waals surface area contributed by atoms with E-state index in [1.54, 1.807) is 14.2 Å². The van der Waals surface area contributed by atoms with Gasteiger partial charge in [0.15, 0.2) is 11.5 Å². The summed E-state index contributed by atoms with van der Waals surface area (Å²) in [5.41, 5.74) is 0.241. The van der Waals surface area contributed by atoms with Crippen molar-refractivity contribution < 1.29 is 24.3 Å². The summed E-state index contributed by atoms with van der Waals surface area (Å²) in [7, 11) is 3.22. The van der Waals surface area contributed by atoms with Crippen molar-refractivity contribution in [2.75, 3.05) is 40.6 Å². The number of quaternary nitrogens is 1. The molecule has 0 aromatic heterocycles. The molecule has 0 unspecified atom stereocenters. The monoisotopic (exact) mass is 298 g/mol. The topological polar surface area (TPSA) is 53.5 Å². The van der Waals surface area contributed by atoms with Gasteiger partial charge >= 0.3 is 0 Å². The first-order valence-electron chi connectivity index (χ1n) is 7.24. The lowest BCUT2D eigenvalue weighted by atomic mass is 10.1.